The van der Waals surface area contributed by atoms with Crippen molar-refractivity contribution in [2.75, 3.05) is 19.6 Å². The predicted octanol–water partition coefficient (Wildman–Crippen LogP) is 5.18. The average Bonchev–Trinajstić information content (AvgIpc) is 3.69. The minimum atomic E-state index is -1.01. The van der Waals surface area contributed by atoms with Gasteiger partial charge in [0, 0.05) is 32.0 Å². The molecule has 56 heavy (non-hydrogen) atoms. The summed E-state index contributed by atoms with van der Waals surface area (Å²) in [6, 6.07) is 22.8. The number of phenolic OH excluding ortho intramolecular Hbond substituents is 1. The van der Waals surface area contributed by atoms with Crippen molar-refractivity contribution in [2.45, 2.75) is 75.6 Å². The number of fused-ring (bicyclic) bond motifs is 3. The van der Waals surface area contributed by atoms with Crippen molar-refractivity contribution >= 4 is 29.5 Å². The van der Waals surface area contributed by atoms with E-state index in [1.807, 2.05) is 46.2 Å². The second-order valence-corrected chi connectivity index (χ2v) is 15.6. The van der Waals surface area contributed by atoms with Crippen LogP contribution in [0.3, 0.4) is 0 Å². The second-order valence-electron chi connectivity index (χ2n) is 15.6. The fraction of sp³-hybridized carbons (Fsp3) is 0.341. The third kappa shape index (κ3) is 6.61. The smallest absolute Gasteiger partial charge is 0.262 e. The summed E-state index contributed by atoms with van der Waals surface area (Å²) in [4.78, 5) is 69.1. The number of rotatable bonds is 7. The molecule has 11 nitrogen and oxygen atoms in total. The summed E-state index contributed by atoms with van der Waals surface area (Å²) in [5, 5.41) is 12.4. The third-order valence-electron chi connectivity index (χ3n) is 12.1. The maximum absolute atomic E-state index is 13.8. The summed E-state index contributed by atoms with van der Waals surface area (Å²) in [6.45, 7) is 2.17. The molecule has 4 aliphatic heterocycles. The number of imide groups is 2. The van der Waals surface area contributed by atoms with E-state index in [-0.39, 0.29) is 65.9 Å². The van der Waals surface area contributed by atoms with E-state index >= 15 is 0 Å². The van der Waals surface area contributed by atoms with E-state index in [9.17, 15) is 33.5 Å². The van der Waals surface area contributed by atoms with Crippen LogP contribution in [0.4, 0.5) is 4.39 Å². The van der Waals surface area contributed by atoms with Gasteiger partial charge in [-0.25, -0.2) is 4.39 Å². The van der Waals surface area contributed by atoms with E-state index in [0.717, 1.165) is 69.7 Å². The number of aromatic hydroxyl groups is 1. The largest absolute Gasteiger partial charge is 0.508 e. The van der Waals surface area contributed by atoms with Crippen LogP contribution in [0.25, 0.3) is 0 Å². The molecule has 4 heterocycles. The Morgan fingerprint density at radius 2 is 1.50 bits per heavy atom. The van der Waals surface area contributed by atoms with Gasteiger partial charge in [-0.1, -0.05) is 30.3 Å². The zero-order valence-electron chi connectivity index (χ0n) is 30.7. The van der Waals surface area contributed by atoms with Crippen molar-refractivity contribution in [2.24, 2.45) is 0 Å². The van der Waals surface area contributed by atoms with Gasteiger partial charge < -0.3 is 14.7 Å². The number of ether oxygens (including phenoxy) is 1. The molecule has 0 spiro atoms. The Bertz CT molecular complexity index is 2230. The molecule has 9 rings (SSSR count). The predicted molar refractivity (Wildman–Crippen MR) is 201 cm³/mol. The molecule has 0 aromatic heterocycles. The van der Waals surface area contributed by atoms with Crippen molar-refractivity contribution in [1.29, 1.82) is 0 Å². The summed E-state index contributed by atoms with van der Waals surface area (Å²) in [5.41, 5.74) is 6.67. The van der Waals surface area contributed by atoms with Gasteiger partial charge in [-0.05, 0) is 120 Å². The molecular weight excluding hydrogens is 716 g/mol. The van der Waals surface area contributed by atoms with Gasteiger partial charge in [-0.3, -0.25) is 39.1 Å². The summed E-state index contributed by atoms with van der Waals surface area (Å²) in [7, 11) is 0. The number of nitrogens with zero attached hydrogens (tertiary/aromatic N) is 3. The van der Waals surface area contributed by atoms with Crippen molar-refractivity contribution in [3.63, 3.8) is 0 Å². The molecule has 1 aliphatic carbocycles. The molecular formula is C44H41FN4O7. The molecule has 12 heteroatoms. The first-order valence-corrected chi connectivity index (χ1v) is 19.3. The fourth-order valence-electron chi connectivity index (χ4n) is 9.34. The van der Waals surface area contributed by atoms with Crippen LogP contribution in [0.2, 0.25) is 0 Å². The number of piperidine rings is 2. The minimum absolute atomic E-state index is 0.0148. The molecule has 5 amide bonds. The molecule has 4 aromatic carbocycles. The van der Waals surface area contributed by atoms with E-state index in [1.165, 1.54) is 12.1 Å². The number of phenols is 1. The molecule has 2 fully saturated rings. The Morgan fingerprint density at radius 3 is 2.20 bits per heavy atom. The van der Waals surface area contributed by atoms with Crippen molar-refractivity contribution in [3.05, 3.63) is 129 Å². The molecule has 0 saturated carbocycles. The van der Waals surface area contributed by atoms with E-state index in [4.69, 9.17) is 4.74 Å². The van der Waals surface area contributed by atoms with E-state index in [1.54, 1.807) is 18.2 Å². The SMILES string of the molecule is O=C1CCC(N2C(=O)c3cc4c(cc3C2=O)CN(CC(=O)N2CCC[C@H](Oc3ccc([C@@H]5c6ccc(O)cc6CC[C@@H]5c5ccc(F)cc5)cc3)C2)C4)C(=O)N1. The lowest BCUT2D eigenvalue weighted by molar-refractivity contribution is -0.136. The van der Waals surface area contributed by atoms with Gasteiger partial charge in [-0.2, -0.15) is 0 Å². The molecule has 286 valence electrons. The number of hydrogen-bond donors (Lipinski definition) is 2. The standard InChI is InChI=1S/C44H41FN4O7/c45-30-8-3-25(4-9-30)34-13-7-27-18-31(50)10-14-35(27)41(34)26-5-11-32(12-6-26)56-33-2-1-17-48(23-33)40(52)24-47-21-28-19-36-37(20-29(28)22-47)44(55)49(43(36)54)38-15-16-39(51)46-42(38)53/h3-6,8-12,14,18-20,33-34,38,41,50H,1-2,7,13,15-17,21-24H2,(H,46,51,53)/t33-,34+,38?,41-/m0/s1. The molecule has 2 saturated heterocycles. The molecule has 4 aromatic rings. The van der Waals surface area contributed by atoms with E-state index in [2.05, 4.69) is 17.4 Å². The van der Waals surface area contributed by atoms with Gasteiger partial charge in [0.1, 0.15) is 29.5 Å². The normalized spacial score (nSPS) is 23.4. The van der Waals surface area contributed by atoms with Gasteiger partial charge in [-0.15, -0.1) is 0 Å². The highest BCUT2D eigenvalue weighted by atomic mass is 19.1. The van der Waals surface area contributed by atoms with E-state index < -0.39 is 29.7 Å². The highest BCUT2D eigenvalue weighted by Crippen LogP contribution is 2.47. The Labute approximate surface area is 323 Å². The lowest BCUT2D eigenvalue weighted by atomic mass is 9.69. The number of carbonyl (C=O) groups is 5. The Morgan fingerprint density at radius 1 is 0.804 bits per heavy atom. The zero-order chi connectivity index (χ0) is 38.7. The number of carbonyl (C=O) groups excluding carboxylic acids is 5. The lowest BCUT2D eigenvalue weighted by Crippen LogP contribution is -2.54. The quantitative estimate of drug-likeness (QED) is 0.247. The molecule has 2 N–H and O–H groups in total. The van der Waals surface area contributed by atoms with Crippen LogP contribution >= 0.6 is 0 Å². The molecule has 0 bridgehead atoms. The van der Waals surface area contributed by atoms with E-state index in [0.29, 0.717) is 26.2 Å². The fourth-order valence-corrected chi connectivity index (χ4v) is 9.34. The molecule has 4 atom stereocenters. The maximum atomic E-state index is 13.8. The van der Waals surface area contributed by atoms with Crippen LogP contribution in [-0.2, 0) is 33.9 Å². The summed E-state index contributed by atoms with van der Waals surface area (Å²) >= 11 is 0. The second kappa shape index (κ2) is 14.3. The van der Waals surface area contributed by atoms with Crippen LogP contribution in [0.15, 0.2) is 78.9 Å². The highest BCUT2D eigenvalue weighted by molar-refractivity contribution is 6.23. The number of benzene rings is 4. The number of likely N-dealkylation sites (tertiary alicyclic amines) is 1. The Hall–Kier alpha value is -5.88. The molecule has 1 unspecified atom stereocenters. The third-order valence-corrected chi connectivity index (χ3v) is 12.1. The number of nitrogens with one attached hydrogen (secondary N) is 1. The van der Waals surface area contributed by atoms with Gasteiger partial charge in [0.25, 0.3) is 11.8 Å². The highest BCUT2D eigenvalue weighted by Gasteiger charge is 2.45. The van der Waals surface area contributed by atoms with Crippen LogP contribution in [0.5, 0.6) is 11.5 Å². The first-order valence-electron chi connectivity index (χ1n) is 19.3. The van der Waals surface area contributed by atoms with Gasteiger partial charge in [0.15, 0.2) is 0 Å². The summed E-state index contributed by atoms with van der Waals surface area (Å²) in [5.74, 6) is -1.29. The van der Waals surface area contributed by atoms with Gasteiger partial charge in [0.05, 0.1) is 24.2 Å². The minimum Gasteiger partial charge on any atom is -0.508 e. The van der Waals surface area contributed by atoms with Gasteiger partial charge in [0.2, 0.25) is 17.7 Å². The Balaban J connectivity index is 0.832. The van der Waals surface area contributed by atoms with Crippen LogP contribution in [0.1, 0.15) is 98.0 Å². The lowest BCUT2D eigenvalue weighted by Gasteiger charge is -2.35. The van der Waals surface area contributed by atoms with Crippen molar-refractivity contribution in [3.8, 4) is 11.5 Å². The monoisotopic (exact) mass is 756 g/mol. The van der Waals surface area contributed by atoms with Crippen molar-refractivity contribution in [1.82, 2.24) is 20.0 Å². The van der Waals surface area contributed by atoms with Crippen LogP contribution < -0.4 is 10.1 Å². The van der Waals surface area contributed by atoms with Crippen LogP contribution in [-0.4, -0.2) is 81.1 Å². The van der Waals surface area contributed by atoms with Gasteiger partial charge >= 0.3 is 0 Å². The first-order chi connectivity index (χ1) is 27.1. The zero-order valence-corrected chi connectivity index (χ0v) is 30.7. The number of aryl methyl sites for hydroxylation is 1. The first kappa shape index (κ1) is 35.8. The Kier molecular flexibility index (Phi) is 9.15. The number of halogens is 1. The average molecular weight is 757 g/mol. The topological polar surface area (TPSA) is 137 Å². The number of amides is 5. The molecule has 5 aliphatic rings. The summed E-state index contributed by atoms with van der Waals surface area (Å²) < 4.78 is 20.3. The van der Waals surface area contributed by atoms with Crippen molar-refractivity contribution < 1.29 is 38.2 Å². The maximum Gasteiger partial charge on any atom is 0.262 e. The van der Waals surface area contributed by atoms with Crippen LogP contribution in [0, 0.1) is 5.82 Å². The molecule has 0 radical (unpaired) electrons. The summed E-state index contributed by atoms with van der Waals surface area (Å²) in [6.07, 6.45) is 3.30. The number of hydrogen-bond acceptors (Lipinski definition) is 8.